The lowest BCUT2D eigenvalue weighted by molar-refractivity contribution is 0.00768. The Balaban J connectivity index is 2.01. The van der Waals surface area contributed by atoms with Crippen molar-refractivity contribution in [2.45, 2.75) is 51.2 Å². The molecule has 16 heavy (non-hydrogen) atoms. The van der Waals surface area contributed by atoms with Crippen LogP contribution in [0.5, 0.6) is 0 Å². The maximum Gasteiger partial charge on any atom is 0.226 e. The fourth-order valence-electron chi connectivity index (χ4n) is 1.86. The van der Waals surface area contributed by atoms with Crippen molar-refractivity contribution in [3.8, 4) is 0 Å². The number of aryl methyl sites for hydroxylation is 1. The van der Waals surface area contributed by atoms with Crippen molar-refractivity contribution >= 4 is 0 Å². The van der Waals surface area contributed by atoms with Gasteiger partial charge < -0.3 is 14.4 Å². The first-order valence-electron chi connectivity index (χ1n) is 5.75. The van der Waals surface area contributed by atoms with E-state index in [0.717, 1.165) is 19.4 Å². The zero-order chi connectivity index (χ0) is 11.6. The Morgan fingerprint density at radius 2 is 2.38 bits per heavy atom. The predicted molar refractivity (Wildman–Crippen MR) is 56.8 cm³/mol. The summed E-state index contributed by atoms with van der Waals surface area (Å²) in [6.45, 7) is 4.50. The van der Waals surface area contributed by atoms with Crippen molar-refractivity contribution in [3.63, 3.8) is 0 Å². The lowest BCUT2D eigenvalue weighted by atomic mass is 10.0. The van der Waals surface area contributed by atoms with Gasteiger partial charge >= 0.3 is 0 Å². The number of nitrogens with zero attached hydrogens (tertiary/aromatic N) is 2. The van der Waals surface area contributed by atoms with E-state index in [1.54, 1.807) is 6.92 Å². The lowest BCUT2D eigenvalue weighted by Crippen LogP contribution is -2.21. The summed E-state index contributed by atoms with van der Waals surface area (Å²) < 4.78 is 10.8. The first-order valence-corrected chi connectivity index (χ1v) is 5.75. The summed E-state index contributed by atoms with van der Waals surface area (Å²) in [5, 5.41) is 13.1. The minimum Gasteiger partial charge on any atom is -0.393 e. The molecule has 2 rings (SSSR count). The quantitative estimate of drug-likeness (QED) is 0.840. The normalized spacial score (nSPS) is 27.2. The summed E-state index contributed by atoms with van der Waals surface area (Å²) in [5.74, 6) is 1.21. The van der Waals surface area contributed by atoms with Crippen LogP contribution in [0.25, 0.3) is 0 Å². The van der Waals surface area contributed by atoms with Gasteiger partial charge in [0.15, 0.2) is 0 Å². The number of aliphatic hydroxyl groups is 1. The maximum atomic E-state index is 9.17. The second kappa shape index (κ2) is 4.51. The molecule has 0 aromatic carbocycles. The molecule has 0 radical (unpaired) electrons. The first-order chi connectivity index (χ1) is 7.60. The fourth-order valence-corrected chi connectivity index (χ4v) is 1.86. The second-order valence-electron chi connectivity index (χ2n) is 4.58. The van der Waals surface area contributed by atoms with Crippen LogP contribution in [0.1, 0.15) is 44.8 Å². The molecule has 1 fully saturated rings. The third-order valence-corrected chi connectivity index (χ3v) is 2.94. The van der Waals surface area contributed by atoms with Gasteiger partial charge in [-0.15, -0.1) is 0 Å². The number of aromatic nitrogens is 2. The highest BCUT2D eigenvalue weighted by atomic mass is 16.5. The Bertz CT molecular complexity index is 343. The van der Waals surface area contributed by atoms with Crippen molar-refractivity contribution in [1.82, 2.24) is 10.1 Å². The monoisotopic (exact) mass is 226 g/mol. The second-order valence-corrected chi connectivity index (χ2v) is 4.58. The molecular weight excluding hydrogens is 208 g/mol. The van der Waals surface area contributed by atoms with Crippen LogP contribution in [0.15, 0.2) is 4.52 Å². The first kappa shape index (κ1) is 11.5. The highest BCUT2D eigenvalue weighted by Gasteiger charge is 2.36. The average molecular weight is 226 g/mol. The molecule has 0 aliphatic carbocycles. The van der Waals surface area contributed by atoms with Gasteiger partial charge in [-0.3, -0.25) is 0 Å². The SMILES string of the molecule is CC(O)CCc1nc(C2(C)CCCO2)no1. The van der Waals surface area contributed by atoms with Gasteiger partial charge in [-0.1, -0.05) is 5.16 Å². The van der Waals surface area contributed by atoms with Crippen LogP contribution < -0.4 is 0 Å². The van der Waals surface area contributed by atoms with Crippen LogP contribution >= 0.6 is 0 Å². The molecule has 1 saturated heterocycles. The number of rotatable bonds is 4. The molecule has 0 amide bonds. The summed E-state index contributed by atoms with van der Waals surface area (Å²) >= 11 is 0. The zero-order valence-corrected chi connectivity index (χ0v) is 9.77. The van der Waals surface area contributed by atoms with Gasteiger partial charge in [0.25, 0.3) is 0 Å². The standard InChI is InChI=1S/C11H18N2O3/c1-8(14)4-5-9-12-10(13-16-9)11(2)6-3-7-15-11/h8,14H,3-7H2,1-2H3. The van der Waals surface area contributed by atoms with E-state index in [0.29, 0.717) is 24.6 Å². The van der Waals surface area contributed by atoms with Crippen LogP contribution in [0.4, 0.5) is 0 Å². The predicted octanol–water partition coefficient (Wildman–Crippen LogP) is 1.41. The molecule has 1 N–H and O–H groups in total. The fraction of sp³-hybridized carbons (Fsp3) is 0.818. The van der Waals surface area contributed by atoms with E-state index in [9.17, 15) is 0 Å². The summed E-state index contributed by atoms with van der Waals surface area (Å²) in [7, 11) is 0. The third kappa shape index (κ3) is 2.41. The molecule has 1 aromatic heterocycles. The highest BCUT2D eigenvalue weighted by molar-refractivity contribution is 5.01. The van der Waals surface area contributed by atoms with Gasteiger partial charge in [0.2, 0.25) is 11.7 Å². The smallest absolute Gasteiger partial charge is 0.226 e. The molecular formula is C11H18N2O3. The van der Waals surface area contributed by atoms with Crippen LogP contribution in [0.3, 0.4) is 0 Å². The molecule has 5 heteroatoms. The molecule has 1 aromatic rings. The van der Waals surface area contributed by atoms with E-state index >= 15 is 0 Å². The van der Waals surface area contributed by atoms with Crippen molar-refractivity contribution in [2.75, 3.05) is 6.61 Å². The van der Waals surface area contributed by atoms with Crippen LogP contribution in [0, 0.1) is 0 Å². The van der Waals surface area contributed by atoms with Gasteiger partial charge in [0.05, 0.1) is 6.10 Å². The summed E-state index contributed by atoms with van der Waals surface area (Å²) in [5.41, 5.74) is -0.382. The van der Waals surface area contributed by atoms with E-state index in [1.807, 2.05) is 6.92 Å². The average Bonchev–Trinajstić information content (AvgIpc) is 2.84. The van der Waals surface area contributed by atoms with Gasteiger partial charge in [-0.25, -0.2) is 0 Å². The minimum absolute atomic E-state index is 0.339. The largest absolute Gasteiger partial charge is 0.393 e. The Kier molecular flexibility index (Phi) is 3.25. The number of hydrogen-bond acceptors (Lipinski definition) is 5. The molecule has 1 aliphatic heterocycles. The molecule has 0 saturated carbocycles. The van der Waals surface area contributed by atoms with E-state index < -0.39 is 0 Å². The van der Waals surface area contributed by atoms with Gasteiger partial charge in [0.1, 0.15) is 5.60 Å². The number of aliphatic hydroxyl groups excluding tert-OH is 1. The van der Waals surface area contributed by atoms with Crippen molar-refractivity contribution < 1.29 is 14.4 Å². The van der Waals surface area contributed by atoms with Gasteiger partial charge in [-0.2, -0.15) is 4.98 Å². The maximum absolute atomic E-state index is 9.17. The Morgan fingerprint density at radius 3 is 3.00 bits per heavy atom. The highest BCUT2D eigenvalue weighted by Crippen LogP contribution is 2.33. The molecule has 5 nitrogen and oxygen atoms in total. The Morgan fingerprint density at radius 1 is 1.56 bits per heavy atom. The Hall–Kier alpha value is -0.940. The minimum atomic E-state index is -0.382. The van der Waals surface area contributed by atoms with E-state index in [4.69, 9.17) is 14.4 Å². The number of hydrogen-bond donors (Lipinski definition) is 1. The molecule has 2 heterocycles. The summed E-state index contributed by atoms with van der Waals surface area (Å²) in [6.07, 6.45) is 2.88. The topological polar surface area (TPSA) is 68.4 Å². The van der Waals surface area contributed by atoms with E-state index in [1.165, 1.54) is 0 Å². The molecule has 2 unspecified atom stereocenters. The van der Waals surface area contributed by atoms with Crippen LogP contribution in [0.2, 0.25) is 0 Å². The molecule has 90 valence electrons. The molecule has 0 bridgehead atoms. The molecule has 0 spiro atoms. The summed E-state index contributed by atoms with van der Waals surface area (Å²) in [4.78, 5) is 4.32. The lowest BCUT2D eigenvalue weighted by Gasteiger charge is -2.17. The van der Waals surface area contributed by atoms with Gasteiger partial charge in [0, 0.05) is 13.0 Å². The van der Waals surface area contributed by atoms with Crippen LogP contribution in [-0.2, 0) is 16.8 Å². The summed E-state index contributed by atoms with van der Waals surface area (Å²) in [6, 6.07) is 0. The molecule has 2 atom stereocenters. The van der Waals surface area contributed by atoms with E-state index in [2.05, 4.69) is 10.1 Å². The van der Waals surface area contributed by atoms with E-state index in [-0.39, 0.29) is 11.7 Å². The third-order valence-electron chi connectivity index (χ3n) is 2.94. The zero-order valence-electron chi connectivity index (χ0n) is 9.77. The van der Waals surface area contributed by atoms with Crippen molar-refractivity contribution in [2.24, 2.45) is 0 Å². The van der Waals surface area contributed by atoms with Crippen LogP contribution in [-0.4, -0.2) is 28.0 Å². The Labute approximate surface area is 94.8 Å². The van der Waals surface area contributed by atoms with Crippen molar-refractivity contribution in [3.05, 3.63) is 11.7 Å². The van der Waals surface area contributed by atoms with Gasteiger partial charge in [-0.05, 0) is 33.1 Å². The molecule has 1 aliphatic rings. The number of ether oxygens (including phenoxy) is 1. The van der Waals surface area contributed by atoms with Crippen molar-refractivity contribution in [1.29, 1.82) is 0 Å².